The second-order valence-corrected chi connectivity index (χ2v) is 10.0. The summed E-state index contributed by atoms with van der Waals surface area (Å²) in [6, 6.07) is 16.4. The Labute approximate surface area is 199 Å². The molecule has 7 heteroatoms. The highest BCUT2D eigenvalue weighted by atomic mass is 35.5. The van der Waals surface area contributed by atoms with Gasteiger partial charge in [-0.15, -0.1) is 0 Å². The highest BCUT2D eigenvalue weighted by Gasteiger charge is 2.56. The number of rotatable bonds is 6. The fourth-order valence-electron chi connectivity index (χ4n) is 6.22. The number of Topliss-reactive ketones (excluding diaryl/α,β-unsaturated/α-hetero) is 1. The van der Waals surface area contributed by atoms with Gasteiger partial charge in [0, 0.05) is 24.5 Å². The van der Waals surface area contributed by atoms with Crippen LogP contribution in [0.5, 0.6) is 5.75 Å². The van der Waals surface area contributed by atoms with Crippen LogP contribution in [0.25, 0.3) is 0 Å². The van der Waals surface area contributed by atoms with Crippen LogP contribution in [0.15, 0.2) is 53.6 Å². The van der Waals surface area contributed by atoms with Crippen molar-refractivity contribution in [2.24, 2.45) is 5.10 Å². The molecule has 6 rings (SSSR count). The number of likely N-dealkylation sites (tertiary alicyclic amines) is 1. The molecule has 172 valence electrons. The summed E-state index contributed by atoms with van der Waals surface area (Å²) in [6.07, 6.45) is 3.33. The normalized spacial score (nSPS) is 30.1. The van der Waals surface area contributed by atoms with E-state index in [0.29, 0.717) is 29.5 Å². The van der Waals surface area contributed by atoms with Crippen molar-refractivity contribution in [3.05, 3.63) is 59.1 Å². The average molecular weight is 466 g/mol. The number of fused-ring (bicyclic) bond motifs is 5. The van der Waals surface area contributed by atoms with Crippen LogP contribution in [0.2, 0.25) is 5.02 Å². The van der Waals surface area contributed by atoms with E-state index >= 15 is 0 Å². The number of nitrogens with zero attached hydrogens (tertiary/aromatic N) is 3. The second kappa shape index (κ2) is 8.12. The minimum atomic E-state index is -0.539. The van der Waals surface area contributed by atoms with E-state index in [-0.39, 0.29) is 11.8 Å². The van der Waals surface area contributed by atoms with Crippen LogP contribution in [0.4, 0.5) is 5.69 Å². The summed E-state index contributed by atoms with van der Waals surface area (Å²) in [5.41, 5.74) is 2.01. The first kappa shape index (κ1) is 21.1. The molecular weight excluding hydrogens is 438 g/mol. The maximum absolute atomic E-state index is 13.0. The fourth-order valence-corrected chi connectivity index (χ4v) is 6.39. The molecule has 0 radical (unpaired) electrons. The Morgan fingerprint density at radius 2 is 2.06 bits per heavy atom. The smallest absolute Gasteiger partial charge is 0.176 e. The zero-order valence-electron chi connectivity index (χ0n) is 18.7. The molecule has 0 N–H and O–H groups in total. The van der Waals surface area contributed by atoms with E-state index in [1.807, 2.05) is 41.4 Å². The van der Waals surface area contributed by atoms with E-state index in [1.165, 1.54) is 0 Å². The van der Waals surface area contributed by atoms with Gasteiger partial charge in [0.15, 0.2) is 5.78 Å². The third-order valence-corrected chi connectivity index (χ3v) is 7.95. The molecule has 0 saturated carbocycles. The number of anilines is 1. The van der Waals surface area contributed by atoms with E-state index in [9.17, 15) is 4.79 Å². The lowest BCUT2D eigenvalue weighted by molar-refractivity contribution is -0.111. The van der Waals surface area contributed by atoms with E-state index in [0.717, 1.165) is 56.0 Å². The Morgan fingerprint density at radius 1 is 1.21 bits per heavy atom. The third-order valence-electron chi connectivity index (χ3n) is 7.71. The number of hydrogen-bond acceptors (Lipinski definition) is 6. The Morgan fingerprint density at radius 3 is 2.79 bits per heavy atom. The SMILES string of the molecule is CC(=O)C1=NN2c3cc(Cl)ccc3OCC2[C@@]1(CCCN1CC2C[C@@H]1CO2)c1ccccc1. The van der Waals surface area contributed by atoms with Crippen molar-refractivity contribution in [2.45, 2.75) is 49.8 Å². The summed E-state index contributed by atoms with van der Waals surface area (Å²) < 4.78 is 12.0. The van der Waals surface area contributed by atoms with Crippen molar-refractivity contribution in [2.75, 3.05) is 31.3 Å². The Hall–Kier alpha value is -2.41. The molecule has 0 spiro atoms. The van der Waals surface area contributed by atoms with Crippen molar-refractivity contribution in [3.8, 4) is 5.75 Å². The molecule has 2 aromatic rings. The molecule has 2 aromatic carbocycles. The van der Waals surface area contributed by atoms with Crippen LogP contribution >= 0.6 is 11.6 Å². The summed E-state index contributed by atoms with van der Waals surface area (Å²) in [5.74, 6) is 0.754. The zero-order valence-corrected chi connectivity index (χ0v) is 19.5. The molecule has 0 amide bonds. The lowest BCUT2D eigenvalue weighted by atomic mass is 9.67. The van der Waals surface area contributed by atoms with Gasteiger partial charge in [-0.2, -0.15) is 5.10 Å². The highest BCUT2D eigenvalue weighted by Crippen LogP contribution is 2.49. The van der Waals surface area contributed by atoms with Gasteiger partial charge in [0.2, 0.25) is 0 Å². The quantitative estimate of drug-likeness (QED) is 0.644. The first-order valence-corrected chi connectivity index (χ1v) is 12.2. The monoisotopic (exact) mass is 465 g/mol. The molecule has 2 bridgehead atoms. The molecular formula is C26H28ClN3O3. The lowest BCUT2D eigenvalue weighted by Crippen LogP contribution is -2.54. The molecule has 6 nitrogen and oxygen atoms in total. The molecule has 2 fully saturated rings. The molecule has 33 heavy (non-hydrogen) atoms. The average Bonchev–Trinajstić information content (AvgIpc) is 3.53. The van der Waals surface area contributed by atoms with Gasteiger partial charge in [-0.3, -0.25) is 14.7 Å². The van der Waals surface area contributed by atoms with Crippen molar-refractivity contribution in [1.82, 2.24) is 4.90 Å². The largest absolute Gasteiger partial charge is 0.489 e. The Balaban J connectivity index is 1.37. The minimum Gasteiger partial charge on any atom is -0.489 e. The van der Waals surface area contributed by atoms with Gasteiger partial charge in [0.25, 0.3) is 0 Å². The Kier molecular flexibility index (Phi) is 5.20. The topological polar surface area (TPSA) is 54.4 Å². The van der Waals surface area contributed by atoms with Gasteiger partial charge < -0.3 is 9.47 Å². The molecule has 4 aliphatic heterocycles. The molecule has 2 unspecified atom stereocenters. The predicted octanol–water partition coefficient (Wildman–Crippen LogP) is 4.06. The van der Waals surface area contributed by atoms with Crippen LogP contribution in [-0.4, -0.2) is 60.9 Å². The predicted molar refractivity (Wildman–Crippen MR) is 128 cm³/mol. The molecule has 4 atom stereocenters. The third kappa shape index (κ3) is 3.38. The standard InChI is InChI=1S/C26H28ClN3O3/c1-17(31)25-26(18-6-3-2-4-7-18,10-5-11-29-14-21-13-20(29)15-32-21)24-16-33-23-9-8-19(27)12-22(23)30(24)28-25/h2-4,6-9,12,20-21,24H,5,10-11,13-16H2,1H3/t20-,21?,24?,26-/m1/s1. The van der Waals surface area contributed by atoms with Crippen molar-refractivity contribution in [3.63, 3.8) is 0 Å². The summed E-state index contributed by atoms with van der Waals surface area (Å²) in [7, 11) is 0. The number of benzene rings is 2. The number of hydrogen-bond donors (Lipinski definition) is 0. The van der Waals surface area contributed by atoms with Crippen LogP contribution < -0.4 is 9.75 Å². The summed E-state index contributed by atoms with van der Waals surface area (Å²) in [4.78, 5) is 15.6. The summed E-state index contributed by atoms with van der Waals surface area (Å²) in [5, 5.41) is 7.55. The molecule has 0 aromatic heterocycles. The first-order chi connectivity index (χ1) is 16.1. The van der Waals surface area contributed by atoms with Gasteiger partial charge >= 0.3 is 0 Å². The van der Waals surface area contributed by atoms with Gasteiger partial charge in [0.05, 0.1) is 18.1 Å². The van der Waals surface area contributed by atoms with Crippen LogP contribution in [0, 0.1) is 0 Å². The van der Waals surface area contributed by atoms with Gasteiger partial charge in [0.1, 0.15) is 29.8 Å². The Bertz CT molecular complexity index is 1110. The fraction of sp³-hybridized carbons (Fsp3) is 0.462. The summed E-state index contributed by atoms with van der Waals surface area (Å²) in [6.45, 7) is 4.95. The van der Waals surface area contributed by atoms with Gasteiger partial charge in [-0.05, 0) is 49.6 Å². The van der Waals surface area contributed by atoms with Crippen LogP contribution in [0.1, 0.15) is 31.7 Å². The van der Waals surface area contributed by atoms with E-state index in [2.05, 4.69) is 17.0 Å². The van der Waals surface area contributed by atoms with Gasteiger partial charge in [-0.25, -0.2) is 0 Å². The maximum Gasteiger partial charge on any atom is 0.176 e. The second-order valence-electron chi connectivity index (χ2n) is 9.57. The van der Waals surface area contributed by atoms with Crippen molar-refractivity contribution >= 4 is 28.8 Å². The number of halogens is 1. The molecule has 4 aliphatic rings. The highest BCUT2D eigenvalue weighted by molar-refractivity contribution is 6.43. The van der Waals surface area contributed by atoms with E-state index in [1.54, 1.807) is 6.92 Å². The van der Waals surface area contributed by atoms with Gasteiger partial charge in [-0.1, -0.05) is 41.9 Å². The van der Waals surface area contributed by atoms with E-state index in [4.69, 9.17) is 26.2 Å². The van der Waals surface area contributed by atoms with Crippen LogP contribution in [-0.2, 0) is 14.9 Å². The maximum atomic E-state index is 13.0. The first-order valence-electron chi connectivity index (χ1n) is 11.8. The lowest BCUT2D eigenvalue weighted by Gasteiger charge is -2.42. The molecule has 4 heterocycles. The number of morpholine rings is 1. The van der Waals surface area contributed by atoms with Crippen molar-refractivity contribution in [1.29, 1.82) is 0 Å². The van der Waals surface area contributed by atoms with Crippen molar-refractivity contribution < 1.29 is 14.3 Å². The minimum absolute atomic E-state index is 0.00506. The zero-order chi connectivity index (χ0) is 22.6. The molecule has 2 saturated heterocycles. The number of ether oxygens (including phenoxy) is 2. The number of carbonyl (C=O) groups is 1. The number of hydrazone groups is 1. The molecule has 0 aliphatic carbocycles. The van der Waals surface area contributed by atoms with E-state index < -0.39 is 5.41 Å². The number of ketones is 1. The summed E-state index contributed by atoms with van der Waals surface area (Å²) >= 11 is 6.33. The van der Waals surface area contributed by atoms with Crippen LogP contribution in [0.3, 0.4) is 0 Å². The number of carbonyl (C=O) groups excluding carboxylic acids is 1.